The van der Waals surface area contributed by atoms with Gasteiger partial charge in [0, 0.05) is 12.8 Å². The van der Waals surface area contributed by atoms with Gasteiger partial charge in [-0.2, -0.15) is 0 Å². The van der Waals surface area contributed by atoms with E-state index in [0.717, 1.165) is 22.3 Å². The maximum absolute atomic E-state index is 8.99. The molecule has 0 atom stereocenters. The van der Waals surface area contributed by atoms with Crippen molar-refractivity contribution >= 4 is 24.3 Å². The Bertz CT molecular complexity index is 528. The summed E-state index contributed by atoms with van der Waals surface area (Å²) in [5.74, 6) is 1.66. The molecular weight excluding hydrogens is 249 g/mol. The molecule has 0 saturated heterocycles. The van der Waals surface area contributed by atoms with Gasteiger partial charge in [0.2, 0.25) is 0 Å². The highest BCUT2D eigenvalue weighted by atomic mass is 32.2. The Balaban J connectivity index is 2.00. The largest absolute Gasteiger partial charge is 0.488 e. The standard InChI is InChI=1S/C11H14BN3O2S/c1-8-13-14-11(15(8)2)18-7-9-3-5-10(6-4-9)12(16)17/h3-6,16-17H,7H2,1-2H3. The summed E-state index contributed by atoms with van der Waals surface area (Å²) in [5.41, 5.74) is 1.60. The van der Waals surface area contributed by atoms with E-state index in [1.165, 1.54) is 0 Å². The first kappa shape index (κ1) is 13.1. The molecule has 5 nitrogen and oxygen atoms in total. The fourth-order valence-electron chi connectivity index (χ4n) is 1.45. The lowest BCUT2D eigenvalue weighted by atomic mass is 9.80. The van der Waals surface area contributed by atoms with E-state index in [2.05, 4.69) is 10.2 Å². The van der Waals surface area contributed by atoms with Crippen LogP contribution in [0.1, 0.15) is 11.4 Å². The second kappa shape index (κ2) is 5.56. The molecule has 0 saturated carbocycles. The van der Waals surface area contributed by atoms with Crippen LogP contribution in [0.5, 0.6) is 0 Å². The van der Waals surface area contributed by atoms with Gasteiger partial charge in [-0.05, 0) is 17.9 Å². The van der Waals surface area contributed by atoms with Crippen LogP contribution in [0.2, 0.25) is 0 Å². The first-order valence-electron chi connectivity index (χ1n) is 5.51. The molecule has 0 fully saturated rings. The molecule has 0 amide bonds. The van der Waals surface area contributed by atoms with Crippen LogP contribution in [-0.4, -0.2) is 31.9 Å². The number of rotatable bonds is 4. The second-order valence-electron chi connectivity index (χ2n) is 3.99. The third kappa shape index (κ3) is 2.93. The third-order valence-corrected chi connectivity index (χ3v) is 3.79. The maximum atomic E-state index is 8.99. The summed E-state index contributed by atoms with van der Waals surface area (Å²) in [6, 6.07) is 7.18. The smallest absolute Gasteiger partial charge is 0.423 e. The van der Waals surface area contributed by atoms with Gasteiger partial charge in [0.1, 0.15) is 5.82 Å². The summed E-state index contributed by atoms with van der Waals surface area (Å²) in [7, 11) is 0.524. The first-order valence-corrected chi connectivity index (χ1v) is 6.50. The van der Waals surface area contributed by atoms with E-state index in [9.17, 15) is 0 Å². The van der Waals surface area contributed by atoms with Crippen LogP contribution in [0.25, 0.3) is 0 Å². The normalized spacial score (nSPS) is 10.7. The topological polar surface area (TPSA) is 71.2 Å². The fraction of sp³-hybridized carbons (Fsp3) is 0.273. The highest BCUT2D eigenvalue weighted by molar-refractivity contribution is 7.98. The zero-order chi connectivity index (χ0) is 13.1. The van der Waals surface area contributed by atoms with Crippen molar-refractivity contribution in [3.8, 4) is 0 Å². The van der Waals surface area contributed by atoms with Crippen LogP contribution in [0.4, 0.5) is 0 Å². The third-order valence-electron chi connectivity index (χ3n) is 2.70. The van der Waals surface area contributed by atoms with E-state index in [0.29, 0.717) is 5.46 Å². The summed E-state index contributed by atoms with van der Waals surface area (Å²) in [5, 5.41) is 26.9. The van der Waals surface area contributed by atoms with Crippen molar-refractivity contribution in [1.29, 1.82) is 0 Å². The van der Waals surface area contributed by atoms with E-state index in [1.54, 1.807) is 23.9 Å². The zero-order valence-corrected chi connectivity index (χ0v) is 11.1. The first-order chi connectivity index (χ1) is 8.58. The molecule has 1 heterocycles. The van der Waals surface area contributed by atoms with E-state index in [-0.39, 0.29) is 0 Å². The molecule has 1 aromatic heterocycles. The molecular formula is C11H14BN3O2S. The number of aryl methyl sites for hydroxylation is 1. The summed E-state index contributed by atoms with van der Waals surface area (Å²) in [6.45, 7) is 1.91. The number of benzene rings is 1. The monoisotopic (exact) mass is 263 g/mol. The van der Waals surface area contributed by atoms with Gasteiger partial charge in [0.05, 0.1) is 0 Å². The Labute approximate surface area is 110 Å². The van der Waals surface area contributed by atoms with Gasteiger partial charge in [0.15, 0.2) is 5.16 Å². The van der Waals surface area contributed by atoms with Crippen molar-refractivity contribution in [3.63, 3.8) is 0 Å². The number of hydrogen-bond acceptors (Lipinski definition) is 5. The molecule has 0 bridgehead atoms. The Morgan fingerprint density at radius 1 is 1.22 bits per heavy atom. The van der Waals surface area contributed by atoms with Gasteiger partial charge in [-0.3, -0.25) is 0 Å². The number of hydrogen-bond donors (Lipinski definition) is 2. The lowest BCUT2D eigenvalue weighted by Crippen LogP contribution is -2.29. The van der Waals surface area contributed by atoms with Crippen molar-refractivity contribution in [2.75, 3.05) is 0 Å². The molecule has 94 valence electrons. The SMILES string of the molecule is Cc1nnc(SCc2ccc(B(O)O)cc2)n1C. The molecule has 0 unspecified atom stereocenters. The lowest BCUT2D eigenvalue weighted by Gasteiger charge is -2.03. The quantitative estimate of drug-likeness (QED) is 0.604. The fourth-order valence-corrected chi connectivity index (χ4v) is 2.36. The van der Waals surface area contributed by atoms with Crippen LogP contribution in [0.15, 0.2) is 29.4 Å². The van der Waals surface area contributed by atoms with Gasteiger partial charge in [-0.15, -0.1) is 10.2 Å². The van der Waals surface area contributed by atoms with E-state index in [1.807, 2.05) is 30.7 Å². The average molecular weight is 263 g/mol. The van der Waals surface area contributed by atoms with Gasteiger partial charge in [-0.25, -0.2) is 0 Å². The van der Waals surface area contributed by atoms with Crippen LogP contribution in [0, 0.1) is 6.92 Å². The van der Waals surface area contributed by atoms with Crippen molar-refractivity contribution < 1.29 is 10.0 Å². The van der Waals surface area contributed by atoms with Gasteiger partial charge >= 0.3 is 7.12 Å². The van der Waals surface area contributed by atoms with Crippen molar-refractivity contribution in [2.45, 2.75) is 17.8 Å². The Kier molecular flexibility index (Phi) is 4.06. The molecule has 0 radical (unpaired) electrons. The maximum Gasteiger partial charge on any atom is 0.488 e. The van der Waals surface area contributed by atoms with Gasteiger partial charge < -0.3 is 14.6 Å². The summed E-state index contributed by atoms with van der Waals surface area (Å²) < 4.78 is 1.94. The van der Waals surface area contributed by atoms with E-state index >= 15 is 0 Å². The Morgan fingerprint density at radius 2 is 1.89 bits per heavy atom. The molecule has 18 heavy (non-hydrogen) atoms. The Morgan fingerprint density at radius 3 is 2.39 bits per heavy atom. The predicted molar refractivity (Wildman–Crippen MR) is 71.6 cm³/mol. The molecule has 0 aliphatic heterocycles. The molecule has 0 spiro atoms. The van der Waals surface area contributed by atoms with Crippen LogP contribution in [0.3, 0.4) is 0 Å². The lowest BCUT2D eigenvalue weighted by molar-refractivity contribution is 0.426. The number of thioether (sulfide) groups is 1. The molecule has 1 aromatic carbocycles. The second-order valence-corrected chi connectivity index (χ2v) is 4.94. The predicted octanol–water partition coefficient (Wildman–Crippen LogP) is 0.0956. The number of nitrogens with zero attached hydrogens (tertiary/aromatic N) is 3. The van der Waals surface area contributed by atoms with Crippen molar-refractivity contribution in [3.05, 3.63) is 35.7 Å². The minimum absolute atomic E-state index is 0.498. The van der Waals surface area contributed by atoms with Gasteiger partial charge in [-0.1, -0.05) is 36.0 Å². The molecule has 0 aliphatic carbocycles. The highest BCUT2D eigenvalue weighted by Crippen LogP contribution is 2.20. The molecule has 2 N–H and O–H groups in total. The van der Waals surface area contributed by atoms with Crippen LogP contribution in [-0.2, 0) is 12.8 Å². The summed E-state index contributed by atoms with van der Waals surface area (Å²) >= 11 is 1.60. The summed E-state index contributed by atoms with van der Waals surface area (Å²) in [6.07, 6.45) is 0. The van der Waals surface area contributed by atoms with Crippen molar-refractivity contribution in [1.82, 2.24) is 14.8 Å². The van der Waals surface area contributed by atoms with Gasteiger partial charge in [0.25, 0.3) is 0 Å². The zero-order valence-electron chi connectivity index (χ0n) is 10.2. The summed E-state index contributed by atoms with van der Waals surface area (Å²) in [4.78, 5) is 0. The molecule has 7 heteroatoms. The molecule has 0 aliphatic rings. The molecule has 2 aromatic rings. The molecule has 2 rings (SSSR count). The average Bonchev–Trinajstić information content (AvgIpc) is 2.68. The van der Waals surface area contributed by atoms with Crippen LogP contribution >= 0.6 is 11.8 Å². The highest BCUT2D eigenvalue weighted by Gasteiger charge is 2.10. The van der Waals surface area contributed by atoms with Crippen LogP contribution < -0.4 is 5.46 Å². The Hall–Kier alpha value is -1.31. The van der Waals surface area contributed by atoms with E-state index in [4.69, 9.17) is 10.0 Å². The van der Waals surface area contributed by atoms with Crippen molar-refractivity contribution in [2.24, 2.45) is 7.05 Å². The minimum Gasteiger partial charge on any atom is -0.423 e. The number of aromatic nitrogens is 3. The van der Waals surface area contributed by atoms with E-state index < -0.39 is 7.12 Å². The minimum atomic E-state index is -1.41.